The molecule has 0 atom stereocenters. The topological polar surface area (TPSA) is 26.5 Å². The van der Waals surface area contributed by atoms with Gasteiger partial charge in [0, 0.05) is 12.8 Å². The van der Waals surface area contributed by atoms with Gasteiger partial charge in [0.1, 0.15) is 0 Å². The first-order chi connectivity index (χ1) is 10.2. The maximum absolute atomic E-state index is 4.93. The van der Waals surface area contributed by atoms with Crippen LogP contribution in [-0.2, 0) is 20.8 Å². The van der Waals surface area contributed by atoms with Crippen LogP contribution in [0.15, 0.2) is 23.2 Å². The second-order valence-corrected chi connectivity index (χ2v) is 9.04. The van der Waals surface area contributed by atoms with E-state index in [2.05, 4.69) is 35.4 Å². The van der Waals surface area contributed by atoms with Gasteiger partial charge in [0.05, 0.1) is 0 Å². The summed E-state index contributed by atoms with van der Waals surface area (Å²) in [4.78, 5) is 4.63. The second-order valence-electron chi connectivity index (χ2n) is 5.31. The Bertz CT molecular complexity index is 432. The Hall–Kier alpha value is 0.153. The summed E-state index contributed by atoms with van der Waals surface area (Å²) in [5.74, 6) is 0.807. The fourth-order valence-corrected chi connectivity index (χ4v) is 2.76. The van der Waals surface area contributed by atoms with Crippen LogP contribution in [-0.4, -0.2) is 19.8 Å². The number of nitrogens with zero attached hydrogens (tertiary/aromatic N) is 2. The van der Waals surface area contributed by atoms with Gasteiger partial charge in [0.15, 0.2) is 0 Å². The van der Waals surface area contributed by atoms with Crippen LogP contribution in [0.25, 0.3) is 5.32 Å². The molecule has 0 N–H and O–H groups in total. The molecule has 116 valence electrons. The summed E-state index contributed by atoms with van der Waals surface area (Å²) in [5, 5.41) is 4.34. The van der Waals surface area contributed by atoms with Gasteiger partial charge in [0.2, 0.25) is 0 Å². The number of aliphatic imine (C=N–C) groups is 1. The van der Waals surface area contributed by atoms with E-state index in [1.54, 1.807) is 0 Å². The summed E-state index contributed by atoms with van der Waals surface area (Å²) in [7, 11) is 11.7. The molecule has 0 heterocycles. The van der Waals surface area contributed by atoms with Crippen molar-refractivity contribution in [3.63, 3.8) is 0 Å². The van der Waals surface area contributed by atoms with Crippen molar-refractivity contribution in [2.75, 3.05) is 13.6 Å². The van der Waals surface area contributed by atoms with Gasteiger partial charge in [-0.1, -0.05) is 43.0 Å². The number of hydrogen-bond donors (Lipinski definition) is 0. The Kier molecular flexibility index (Phi) is 10.7. The van der Waals surface area contributed by atoms with E-state index in [1.165, 1.54) is 37.7 Å². The van der Waals surface area contributed by atoms with E-state index >= 15 is 0 Å². The number of aryl methyl sites for hydroxylation is 1. The molecule has 0 spiro atoms. The molecule has 1 aromatic rings. The Labute approximate surface area is 147 Å². The summed E-state index contributed by atoms with van der Waals surface area (Å²) < 4.78 is 0. The van der Waals surface area contributed by atoms with Crippen LogP contribution in [0, 0.1) is 12.8 Å². The van der Waals surface area contributed by atoms with Crippen LogP contribution < -0.4 is 0 Å². The van der Waals surface area contributed by atoms with Gasteiger partial charge in [-0.05, 0) is 31.2 Å². The summed E-state index contributed by atoms with van der Waals surface area (Å²) in [6.07, 6.45) is 8.91. The molecule has 2 nitrogen and oxygen atoms in total. The summed E-state index contributed by atoms with van der Waals surface area (Å²) in [5.41, 5.74) is 3.44. The monoisotopic (exact) mass is 403 g/mol. The van der Waals surface area contributed by atoms with Crippen molar-refractivity contribution in [3.8, 4) is 0 Å². The Balaban J connectivity index is 0.000000677. The third kappa shape index (κ3) is 7.30. The molecule has 0 amide bonds. The van der Waals surface area contributed by atoms with Gasteiger partial charge in [0.25, 0.3) is 0 Å². The zero-order chi connectivity index (χ0) is 15.5. The van der Waals surface area contributed by atoms with Crippen LogP contribution in [0.4, 0.5) is 5.69 Å². The van der Waals surface area contributed by atoms with Crippen LogP contribution in [0.3, 0.4) is 0 Å². The van der Waals surface area contributed by atoms with Crippen molar-refractivity contribution in [2.24, 2.45) is 10.9 Å². The SMILES string of the molecule is C[N-]c1c(C)cccc1C=NCC1CCCCC1.[Cl][Zr][Cl]. The minimum atomic E-state index is -0.826. The van der Waals surface area contributed by atoms with Gasteiger partial charge in [-0.15, -0.1) is 12.7 Å². The average Bonchev–Trinajstić information content (AvgIpc) is 2.49. The first-order valence-corrected chi connectivity index (χ1v) is 13.7. The number of hydrogen-bond acceptors (Lipinski definition) is 1. The molecule has 1 aliphatic rings. The third-order valence-electron chi connectivity index (χ3n) is 3.81. The van der Waals surface area contributed by atoms with Gasteiger partial charge in [-0.3, -0.25) is 4.99 Å². The average molecular weight is 406 g/mol. The van der Waals surface area contributed by atoms with E-state index in [9.17, 15) is 0 Å². The first-order valence-electron chi connectivity index (χ1n) is 7.38. The van der Waals surface area contributed by atoms with Crippen molar-refractivity contribution < 1.29 is 20.8 Å². The van der Waals surface area contributed by atoms with E-state index < -0.39 is 20.8 Å². The predicted octanol–water partition coefficient (Wildman–Crippen LogP) is 6.01. The Morgan fingerprint density at radius 2 is 1.95 bits per heavy atom. The molecule has 0 aliphatic heterocycles. The van der Waals surface area contributed by atoms with Crippen LogP contribution >= 0.6 is 17.0 Å². The normalized spacial score (nSPS) is 15.4. The molecule has 0 aromatic heterocycles. The molecule has 21 heavy (non-hydrogen) atoms. The van der Waals surface area contributed by atoms with Gasteiger partial charge < -0.3 is 5.32 Å². The summed E-state index contributed by atoms with van der Waals surface area (Å²) >= 11 is -0.826. The number of benzene rings is 1. The zero-order valence-corrected chi connectivity index (χ0v) is 16.7. The minimum absolute atomic E-state index is 0.807. The molecule has 0 bridgehead atoms. The van der Waals surface area contributed by atoms with Gasteiger partial charge in [-0.2, -0.15) is 0 Å². The van der Waals surface area contributed by atoms with Crippen molar-refractivity contribution in [3.05, 3.63) is 34.6 Å². The van der Waals surface area contributed by atoms with Crippen LogP contribution in [0.2, 0.25) is 0 Å². The Morgan fingerprint density at radius 3 is 2.57 bits per heavy atom. The van der Waals surface area contributed by atoms with E-state index in [4.69, 9.17) is 17.0 Å². The first kappa shape index (κ1) is 19.2. The molecule has 0 saturated heterocycles. The standard InChI is InChI=1S/C16H23N2.2ClH.Zr/c1-13-7-6-10-15(16(13)17-2)12-18-11-14-8-4-3-5-9-14;;;/h6-7,10,12,14H,3-5,8-9,11H2,1-2H3;2*1H;/q-1;;;+2/p-2. The van der Waals surface area contributed by atoms with Crippen molar-refractivity contribution in [2.45, 2.75) is 39.0 Å². The van der Waals surface area contributed by atoms with Crippen LogP contribution in [0.1, 0.15) is 43.2 Å². The molecule has 1 aromatic carbocycles. The van der Waals surface area contributed by atoms with Crippen molar-refractivity contribution >= 4 is 28.9 Å². The fraction of sp³-hybridized carbons (Fsp3) is 0.562. The van der Waals surface area contributed by atoms with Gasteiger partial charge >= 0.3 is 37.9 Å². The maximum atomic E-state index is 4.93. The van der Waals surface area contributed by atoms with Crippen molar-refractivity contribution in [1.82, 2.24) is 0 Å². The van der Waals surface area contributed by atoms with Crippen LogP contribution in [0.5, 0.6) is 0 Å². The quantitative estimate of drug-likeness (QED) is 0.549. The van der Waals surface area contributed by atoms with E-state index in [1.807, 2.05) is 13.3 Å². The molecule has 0 radical (unpaired) electrons. The molecular weight excluding hydrogens is 382 g/mol. The molecule has 2 rings (SSSR count). The zero-order valence-electron chi connectivity index (χ0n) is 12.8. The van der Waals surface area contributed by atoms with Crippen molar-refractivity contribution in [1.29, 1.82) is 0 Å². The predicted molar refractivity (Wildman–Crippen MR) is 90.9 cm³/mol. The van der Waals surface area contributed by atoms with E-state index in [0.29, 0.717) is 0 Å². The number of para-hydroxylation sites is 1. The number of rotatable bonds is 4. The second kappa shape index (κ2) is 11.7. The number of halogens is 2. The molecular formula is C16H23Cl2N2Zr-. The molecule has 1 saturated carbocycles. The fourth-order valence-electron chi connectivity index (χ4n) is 2.76. The molecule has 0 unspecified atom stereocenters. The molecule has 5 heteroatoms. The molecule has 1 fully saturated rings. The van der Waals surface area contributed by atoms with Gasteiger partial charge in [-0.25, -0.2) is 0 Å². The molecule has 1 aliphatic carbocycles. The summed E-state index contributed by atoms with van der Waals surface area (Å²) in [6.45, 7) is 3.08. The third-order valence-corrected chi connectivity index (χ3v) is 3.81. The van der Waals surface area contributed by atoms with E-state index in [0.717, 1.165) is 23.7 Å². The summed E-state index contributed by atoms with van der Waals surface area (Å²) in [6, 6.07) is 6.27. The van der Waals surface area contributed by atoms with E-state index in [-0.39, 0.29) is 0 Å². The Morgan fingerprint density at radius 1 is 1.29 bits per heavy atom.